The molecule has 18 heavy (non-hydrogen) atoms. The van der Waals surface area contributed by atoms with Crippen LogP contribution in [0.2, 0.25) is 0 Å². The van der Waals surface area contributed by atoms with Crippen LogP contribution in [0.15, 0.2) is 28.1 Å². The van der Waals surface area contributed by atoms with Crippen LogP contribution in [0.3, 0.4) is 0 Å². The molecule has 0 aliphatic carbocycles. The maximum absolute atomic E-state index is 11.4. The van der Waals surface area contributed by atoms with E-state index in [1.165, 1.54) is 7.11 Å². The van der Waals surface area contributed by atoms with Gasteiger partial charge in [0.1, 0.15) is 12.3 Å². The number of benzene rings is 1. The van der Waals surface area contributed by atoms with Gasteiger partial charge in [-0.3, -0.25) is 24.8 Å². The van der Waals surface area contributed by atoms with Gasteiger partial charge in [0, 0.05) is 22.0 Å². The average Bonchev–Trinajstić information content (AvgIpc) is 2.39. The molecule has 1 atom stereocenters. The van der Waals surface area contributed by atoms with Crippen molar-refractivity contribution >= 4 is 22.5 Å². The molecular formula is C11H13N3O3S. The smallest absolute Gasteiger partial charge is 0.260 e. The highest BCUT2D eigenvalue weighted by atomic mass is 32.2. The van der Waals surface area contributed by atoms with Gasteiger partial charge in [-0.15, -0.1) is 0 Å². The molecule has 1 aliphatic rings. The summed E-state index contributed by atoms with van der Waals surface area (Å²) < 4.78 is 16.6. The minimum Gasteiger partial charge on any atom is -0.496 e. The third-order valence-corrected chi connectivity index (χ3v) is 3.38. The topological polar surface area (TPSA) is 79.8 Å². The van der Waals surface area contributed by atoms with Crippen molar-refractivity contribution in [2.75, 3.05) is 19.9 Å². The van der Waals surface area contributed by atoms with Gasteiger partial charge in [-0.05, 0) is 18.2 Å². The summed E-state index contributed by atoms with van der Waals surface area (Å²) in [5.41, 5.74) is 5.90. The third-order valence-electron chi connectivity index (χ3n) is 2.46. The van der Waals surface area contributed by atoms with Gasteiger partial charge >= 0.3 is 0 Å². The van der Waals surface area contributed by atoms with Crippen molar-refractivity contribution < 1.29 is 13.7 Å². The number of methoxy groups -OCH3 is 1. The molecule has 1 aromatic rings. The van der Waals surface area contributed by atoms with E-state index in [9.17, 15) is 9.00 Å². The average molecular weight is 267 g/mol. The molecular weight excluding hydrogens is 254 g/mol. The number of carbonyl (C=O) groups is 1. The van der Waals surface area contributed by atoms with Crippen molar-refractivity contribution in [3.05, 3.63) is 23.8 Å². The van der Waals surface area contributed by atoms with Gasteiger partial charge < -0.3 is 4.74 Å². The first kappa shape index (κ1) is 12.6. The Morgan fingerprint density at radius 3 is 2.72 bits per heavy atom. The summed E-state index contributed by atoms with van der Waals surface area (Å²) in [6, 6.07) is 5.21. The standard InChI is InChI=1S/C11H13N3O3S/c1-17-9-5-7(18(2)16)3-4-8(9)11-12-6-10(15)13-14-11/h3-5H,6H2,1-2H3,(H,12,14)(H,13,15). The SMILES string of the molecule is COc1cc(S(C)=O)ccc1C1=NCC(=O)NN1. The number of hydrogen-bond donors (Lipinski definition) is 2. The molecule has 6 nitrogen and oxygen atoms in total. The van der Waals surface area contributed by atoms with Crippen LogP contribution >= 0.6 is 0 Å². The van der Waals surface area contributed by atoms with E-state index in [2.05, 4.69) is 15.8 Å². The molecule has 1 amide bonds. The van der Waals surface area contributed by atoms with Gasteiger partial charge in [0.15, 0.2) is 5.84 Å². The minimum atomic E-state index is -1.07. The first-order valence-electron chi connectivity index (χ1n) is 5.23. The number of amides is 1. The fourth-order valence-corrected chi connectivity index (χ4v) is 2.09. The zero-order valence-corrected chi connectivity index (χ0v) is 10.8. The Morgan fingerprint density at radius 2 is 2.17 bits per heavy atom. The summed E-state index contributed by atoms with van der Waals surface area (Å²) in [7, 11) is 0.461. The molecule has 1 unspecified atom stereocenters. The van der Waals surface area contributed by atoms with E-state index in [0.717, 1.165) is 0 Å². The summed E-state index contributed by atoms with van der Waals surface area (Å²) in [5, 5.41) is 0. The van der Waals surface area contributed by atoms with Crippen LogP contribution < -0.4 is 15.6 Å². The number of hydrogen-bond acceptors (Lipinski definition) is 5. The van der Waals surface area contributed by atoms with Gasteiger partial charge in [-0.2, -0.15) is 0 Å². The van der Waals surface area contributed by atoms with Crippen LogP contribution in [0.25, 0.3) is 0 Å². The molecule has 0 saturated carbocycles. The van der Waals surface area contributed by atoms with Crippen LogP contribution in [0, 0.1) is 0 Å². The lowest BCUT2D eigenvalue weighted by atomic mass is 10.2. The molecule has 0 aromatic heterocycles. The quantitative estimate of drug-likeness (QED) is 0.796. The first-order valence-corrected chi connectivity index (χ1v) is 6.79. The molecule has 0 saturated heterocycles. The van der Waals surface area contributed by atoms with Gasteiger partial charge in [0.05, 0.1) is 12.7 Å². The monoisotopic (exact) mass is 267 g/mol. The maximum atomic E-state index is 11.4. The van der Waals surface area contributed by atoms with E-state index in [0.29, 0.717) is 22.0 Å². The number of rotatable bonds is 3. The summed E-state index contributed by atoms with van der Waals surface area (Å²) in [5.74, 6) is 0.897. The molecule has 1 aromatic carbocycles. The van der Waals surface area contributed by atoms with E-state index in [4.69, 9.17) is 4.74 Å². The number of aliphatic imine (C=N–C) groups is 1. The zero-order valence-electron chi connectivity index (χ0n) is 10.0. The van der Waals surface area contributed by atoms with Crippen molar-refractivity contribution in [3.63, 3.8) is 0 Å². The van der Waals surface area contributed by atoms with Crippen molar-refractivity contribution in [3.8, 4) is 5.75 Å². The highest BCUT2D eigenvalue weighted by Gasteiger charge is 2.16. The second kappa shape index (κ2) is 5.18. The molecule has 96 valence electrons. The maximum Gasteiger partial charge on any atom is 0.260 e. The largest absolute Gasteiger partial charge is 0.496 e. The summed E-state index contributed by atoms with van der Waals surface area (Å²) in [4.78, 5) is 15.8. The van der Waals surface area contributed by atoms with Crippen molar-refractivity contribution in [1.82, 2.24) is 10.9 Å². The highest BCUT2D eigenvalue weighted by molar-refractivity contribution is 7.84. The molecule has 2 rings (SSSR count). The normalized spacial score (nSPS) is 16.3. The molecule has 2 N–H and O–H groups in total. The second-order valence-corrected chi connectivity index (χ2v) is 5.03. The van der Waals surface area contributed by atoms with Gasteiger partial charge in [-0.25, -0.2) is 0 Å². The Bertz CT molecular complexity index is 542. The van der Waals surface area contributed by atoms with E-state index < -0.39 is 10.8 Å². The van der Waals surface area contributed by atoms with Crippen molar-refractivity contribution in [2.45, 2.75) is 4.90 Å². The van der Waals surface area contributed by atoms with E-state index in [1.54, 1.807) is 24.5 Å². The molecule has 0 fully saturated rings. The lowest BCUT2D eigenvalue weighted by Gasteiger charge is -2.17. The zero-order chi connectivity index (χ0) is 13.1. The lowest BCUT2D eigenvalue weighted by Crippen LogP contribution is -2.47. The van der Waals surface area contributed by atoms with Crippen LogP contribution in [-0.2, 0) is 15.6 Å². The highest BCUT2D eigenvalue weighted by Crippen LogP contribution is 2.22. The number of nitrogens with one attached hydrogen (secondary N) is 2. The molecule has 0 bridgehead atoms. The van der Waals surface area contributed by atoms with Gasteiger partial charge in [0.25, 0.3) is 5.91 Å². The van der Waals surface area contributed by atoms with Crippen LogP contribution in [0.5, 0.6) is 5.75 Å². The predicted octanol–water partition coefficient (Wildman–Crippen LogP) is -0.186. The van der Waals surface area contributed by atoms with Crippen LogP contribution in [0.4, 0.5) is 0 Å². The predicted molar refractivity (Wildman–Crippen MR) is 68.0 cm³/mol. The van der Waals surface area contributed by atoms with Gasteiger partial charge in [-0.1, -0.05) is 0 Å². The number of carbonyl (C=O) groups excluding carboxylic acids is 1. The lowest BCUT2D eigenvalue weighted by molar-refractivity contribution is -0.120. The Hall–Kier alpha value is -1.89. The number of hydrazine groups is 1. The number of ether oxygens (including phenoxy) is 1. The van der Waals surface area contributed by atoms with Crippen molar-refractivity contribution in [2.24, 2.45) is 4.99 Å². The van der Waals surface area contributed by atoms with E-state index in [-0.39, 0.29) is 12.5 Å². The fraction of sp³-hybridized carbons (Fsp3) is 0.273. The third kappa shape index (κ3) is 2.51. The van der Waals surface area contributed by atoms with Crippen LogP contribution in [0.1, 0.15) is 5.56 Å². The van der Waals surface area contributed by atoms with Crippen molar-refractivity contribution in [1.29, 1.82) is 0 Å². The Kier molecular flexibility index (Phi) is 3.61. The molecule has 1 aliphatic heterocycles. The number of nitrogens with zero attached hydrogens (tertiary/aromatic N) is 1. The second-order valence-electron chi connectivity index (χ2n) is 3.65. The summed E-state index contributed by atoms with van der Waals surface area (Å²) >= 11 is 0. The molecule has 1 heterocycles. The summed E-state index contributed by atoms with van der Waals surface area (Å²) in [6.45, 7) is 0.0763. The van der Waals surface area contributed by atoms with E-state index in [1.807, 2.05) is 0 Å². The first-order chi connectivity index (χ1) is 8.61. The molecule has 0 spiro atoms. The minimum absolute atomic E-state index is 0.0763. The summed E-state index contributed by atoms with van der Waals surface area (Å²) in [6.07, 6.45) is 1.60. The Labute approximate surface area is 107 Å². The Balaban J connectivity index is 2.39. The molecule has 0 radical (unpaired) electrons. The van der Waals surface area contributed by atoms with Crippen LogP contribution in [-0.4, -0.2) is 35.9 Å². The Morgan fingerprint density at radius 1 is 1.39 bits per heavy atom. The van der Waals surface area contributed by atoms with E-state index >= 15 is 0 Å². The van der Waals surface area contributed by atoms with Gasteiger partial charge in [0.2, 0.25) is 0 Å². The molecule has 7 heteroatoms. The fourth-order valence-electron chi connectivity index (χ4n) is 1.56. The number of amidine groups is 1.